The monoisotopic (exact) mass is 234 g/mol. The first kappa shape index (κ1) is 11.0. The highest BCUT2D eigenvalue weighted by atomic mass is 16.4. The van der Waals surface area contributed by atoms with E-state index in [0.717, 1.165) is 0 Å². The Morgan fingerprint density at radius 1 is 1.41 bits per heavy atom. The Bertz CT molecular complexity index is 639. The number of carboxylic acid groups (broad SMARTS) is 1. The molecule has 88 valence electrons. The topological polar surface area (TPSA) is 95.3 Å². The van der Waals surface area contributed by atoms with Crippen LogP contribution in [-0.4, -0.2) is 25.7 Å². The standard InChI is InChI=1S/C11H10N2O4/c1-13-9(6-3-2-4-7(14)5-6)8(10(15)16)12-11(13)17/h2-5,14H,1H3,(H,12,17)(H,15,16). The molecule has 0 atom stereocenters. The molecule has 0 amide bonds. The minimum Gasteiger partial charge on any atom is -0.508 e. The van der Waals surface area contributed by atoms with E-state index >= 15 is 0 Å². The zero-order chi connectivity index (χ0) is 12.6. The van der Waals surface area contributed by atoms with Gasteiger partial charge in [-0.3, -0.25) is 9.55 Å². The lowest BCUT2D eigenvalue weighted by molar-refractivity contribution is 0.0691. The summed E-state index contributed by atoms with van der Waals surface area (Å²) >= 11 is 0. The van der Waals surface area contributed by atoms with Crippen LogP contribution in [0.15, 0.2) is 29.1 Å². The fourth-order valence-electron chi connectivity index (χ4n) is 1.67. The number of aromatic carboxylic acids is 1. The van der Waals surface area contributed by atoms with Gasteiger partial charge in [-0.25, -0.2) is 9.59 Å². The van der Waals surface area contributed by atoms with Gasteiger partial charge in [0, 0.05) is 12.6 Å². The van der Waals surface area contributed by atoms with Crippen LogP contribution in [0.1, 0.15) is 10.5 Å². The summed E-state index contributed by atoms with van der Waals surface area (Å²) in [5.74, 6) is -1.21. The van der Waals surface area contributed by atoms with Crippen LogP contribution in [0.4, 0.5) is 0 Å². The molecule has 3 N–H and O–H groups in total. The van der Waals surface area contributed by atoms with Crippen molar-refractivity contribution >= 4 is 5.97 Å². The Kier molecular flexibility index (Phi) is 2.47. The van der Waals surface area contributed by atoms with Crippen molar-refractivity contribution in [2.45, 2.75) is 0 Å². The van der Waals surface area contributed by atoms with Gasteiger partial charge < -0.3 is 10.2 Å². The number of hydrogen-bond acceptors (Lipinski definition) is 3. The van der Waals surface area contributed by atoms with Gasteiger partial charge in [-0.2, -0.15) is 0 Å². The molecule has 0 aliphatic heterocycles. The molecule has 0 saturated carbocycles. The number of aromatic nitrogens is 2. The third-order valence-electron chi connectivity index (χ3n) is 2.44. The molecule has 0 aliphatic rings. The van der Waals surface area contributed by atoms with Crippen LogP contribution in [0, 0.1) is 0 Å². The number of nitrogens with zero attached hydrogens (tertiary/aromatic N) is 1. The third-order valence-corrected chi connectivity index (χ3v) is 2.44. The maximum Gasteiger partial charge on any atom is 0.354 e. The lowest BCUT2D eigenvalue weighted by Gasteiger charge is -2.04. The SMILES string of the molecule is Cn1c(-c2cccc(O)c2)c(C(=O)O)[nH]c1=O. The van der Waals surface area contributed by atoms with Crippen molar-refractivity contribution in [1.82, 2.24) is 9.55 Å². The molecule has 0 fully saturated rings. The predicted octanol–water partition coefficient (Wildman–Crippen LogP) is 0.784. The highest BCUT2D eigenvalue weighted by Crippen LogP contribution is 2.24. The molecule has 0 spiro atoms. The molecule has 6 heteroatoms. The van der Waals surface area contributed by atoms with E-state index in [-0.39, 0.29) is 17.1 Å². The molecular weight excluding hydrogens is 224 g/mol. The first-order chi connectivity index (χ1) is 8.00. The third kappa shape index (κ3) is 1.80. The van der Waals surface area contributed by atoms with Gasteiger partial charge in [-0.15, -0.1) is 0 Å². The number of nitrogens with one attached hydrogen (secondary N) is 1. The van der Waals surface area contributed by atoms with Gasteiger partial charge in [0.05, 0.1) is 5.69 Å². The van der Waals surface area contributed by atoms with E-state index in [0.29, 0.717) is 5.56 Å². The summed E-state index contributed by atoms with van der Waals surface area (Å²) in [6.45, 7) is 0. The normalized spacial score (nSPS) is 10.4. The van der Waals surface area contributed by atoms with E-state index in [1.807, 2.05) is 0 Å². The van der Waals surface area contributed by atoms with Crippen molar-refractivity contribution in [3.8, 4) is 17.0 Å². The highest BCUT2D eigenvalue weighted by molar-refractivity contribution is 5.93. The van der Waals surface area contributed by atoms with Crippen molar-refractivity contribution in [2.24, 2.45) is 7.05 Å². The first-order valence-electron chi connectivity index (χ1n) is 4.82. The van der Waals surface area contributed by atoms with E-state index in [9.17, 15) is 14.7 Å². The van der Waals surface area contributed by atoms with Crippen LogP contribution in [-0.2, 0) is 7.05 Å². The lowest BCUT2D eigenvalue weighted by Crippen LogP contribution is -2.13. The second-order valence-electron chi connectivity index (χ2n) is 3.57. The van der Waals surface area contributed by atoms with Crippen molar-refractivity contribution in [3.63, 3.8) is 0 Å². The summed E-state index contributed by atoms with van der Waals surface area (Å²) in [5, 5.41) is 18.3. The summed E-state index contributed by atoms with van der Waals surface area (Å²) in [6.07, 6.45) is 0. The van der Waals surface area contributed by atoms with Crippen LogP contribution < -0.4 is 5.69 Å². The highest BCUT2D eigenvalue weighted by Gasteiger charge is 2.18. The molecule has 2 aromatic rings. The van der Waals surface area contributed by atoms with Gasteiger partial charge >= 0.3 is 11.7 Å². The van der Waals surface area contributed by atoms with Gasteiger partial charge in [-0.05, 0) is 12.1 Å². The number of benzene rings is 1. The maximum absolute atomic E-state index is 11.4. The van der Waals surface area contributed by atoms with Gasteiger partial charge in [-0.1, -0.05) is 12.1 Å². The van der Waals surface area contributed by atoms with E-state index in [1.165, 1.54) is 23.7 Å². The summed E-state index contributed by atoms with van der Waals surface area (Å²) in [5.41, 5.74) is -0.00880. The lowest BCUT2D eigenvalue weighted by atomic mass is 10.1. The number of phenols is 1. The molecule has 1 aromatic carbocycles. The number of rotatable bonds is 2. The first-order valence-corrected chi connectivity index (χ1v) is 4.82. The van der Waals surface area contributed by atoms with Gasteiger partial charge in [0.15, 0.2) is 5.69 Å². The smallest absolute Gasteiger partial charge is 0.354 e. The predicted molar refractivity (Wildman–Crippen MR) is 60.1 cm³/mol. The molecule has 1 heterocycles. The second-order valence-corrected chi connectivity index (χ2v) is 3.57. The quantitative estimate of drug-likeness (QED) is 0.715. The molecule has 17 heavy (non-hydrogen) atoms. The van der Waals surface area contributed by atoms with E-state index in [1.54, 1.807) is 12.1 Å². The zero-order valence-corrected chi connectivity index (χ0v) is 8.97. The van der Waals surface area contributed by atoms with Crippen molar-refractivity contribution < 1.29 is 15.0 Å². The Balaban J connectivity index is 2.74. The number of imidazole rings is 1. The average Bonchev–Trinajstić information content (AvgIpc) is 2.56. The Morgan fingerprint density at radius 2 is 2.12 bits per heavy atom. The molecular formula is C11H10N2O4. The summed E-state index contributed by atoms with van der Waals surface area (Å²) in [4.78, 5) is 24.7. The molecule has 0 unspecified atom stereocenters. The van der Waals surface area contributed by atoms with Gasteiger partial charge in [0.2, 0.25) is 0 Å². The maximum atomic E-state index is 11.4. The minimum absolute atomic E-state index is 0.00693. The van der Waals surface area contributed by atoms with Gasteiger partial charge in [0.1, 0.15) is 5.75 Å². The summed E-state index contributed by atoms with van der Waals surface area (Å²) in [6, 6.07) is 6.06. The van der Waals surface area contributed by atoms with Crippen molar-refractivity contribution in [1.29, 1.82) is 0 Å². The van der Waals surface area contributed by atoms with Crippen molar-refractivity contribution in [2.75, 3.05) is 0 Å². The Morgan fingerprint density at radius 3 is 2.71 bits per heavy atom. The van der Waals surface area contributed by atoms with E-state index in [2.05, 4.69) is 4.98 Å². The zero-order valence-electron chi connectivity index (χ0n) is 8.97. The minimum atomic E-state index is -1.22. The van der Waals surface area contributed by atoms with Crippen molar-refractivity contribution in [3.05, 3.63) is 40.4 Å². The van der Waals surface area contributed by atoms with Gasteiger partial charge in [0.25, 0.3) is 0 Å². The molecule has 6 nitrogen and oxygen atoms in total. The number of phenolic OH excluding ortho intramolecular Hbond substituents is 1. The number of carboxylic acids is 1. The largest absolute Gasteiger partial charge is 0.508 e. The fraction of sp³-hybridized carbons (Fsp3) is 0.0909. The number of aromatic amines is 1. The summed E-state index contributed by atoms with van der Waals surface area (Å²) < 4.78 is 1.19. The molecule has 0 aliphatic carbocycles. The molecule has 0 bridgehead atoms. The molecule has 0 radical (unpaired) electrons. The summed E-state index contributed by atoms with van der Waals surface area (Å²) in [7, 11) is 1.46. The second kappa shape index (κ2) is 3.82. The fourth-order valence-corrected chi connectivity index (χ4v) is 1.67. The number of aromatic hydroxyl groups is 1. The molecule has 0 saturated heterocycles. The van der Waals surface area contributed by atoms with Crippen LogP contribution >= 0.6 is 0 Å². The number of H-pyrrole nitrogens is 1. The Labute approximate surface area is 95.8 Å². The number of carbonyl (C=O) groups is 1. The van der Waals surface area contributed by atoms with Crippen LogP contribution in [0.25, 0.3) is 11.3 Å². The number of hydrogen-bond donors (Lipinski definition) is 3. The Hall–Kier alpha value is -2.50. The molecule has 1 aromatic heterocycles. The average molecular weight is 234 g/mol. The van der Waals surface area contributed by atoms with E-state index in [4.69, 9.17) is 5.11 Å². The van der Waals surface area contributed by atoms with Crippen LogP contribution in [0.2, 0.25) is 0 Å². The van der Waals surface area contributed by atoms with Crippen LogP contribution in [0.3, 0.4) is 0 Å². The van der Waals surface area contributed by atoms with Crippen LogP contribution in [0.5, 0.6) is 5.75 Å². The van der Waals surface area contributed by atoms with E-state index < -0.39 is 11.7 Å². The molecule has 2 rings (SSSR count).